The van der Waals surface area contributed by atoms with E-state index in [2.05, 4.69) is 30.8 Å². The molecule has 1 aromatic carbocycles. The number of hydrogen-bond donors (Lipinski definition) is 1. The summed E-state index contributed by atoms with van der Waals surface area (Å²) < 4.78 is 0. The molecule has 124 valence electrons. The molecule has 0 amide bonds. The van der Waals surface area contributed by atoms with Crippen LogP contribution in [0, 0.1) is 17.3 Å². The van der Waals surface area contributed by atoms with Crippen LogP contribution in [0.4, 0.5) is 5.69 Å². The molecule has 1 fully saturated rings. The number of carbonyl (C=O) groups excluding carboxylic acids is 1. The number of ketones is 1. The number of rotatable bonds is 5. The SMILES string of the molecule is CCC(C)(C)[C@H]1CCC(=O)[C@H]([C@@H](O)c2ccccc2N=[N+]=[N-])C1. The van der Waals surface area contributed by atoms with Crippen LogP contribution in [0.25, 0.3) is 10.4 Å². The molecule has 0 bridgehead atoms. The van der Waals surface area contributed by atoms with Crippen molar-refractivity contribution in [1.82, 2.24) is 0 Å². The van der Waals surface area contributed by atoms with Gasteiger partial charge in [0.25, 0.3) is 0 Å². The summed E-state index contributed by atoms with van der Waals surface area (Å²) in [6.07, 6.45) is 2.22. The molecule has 0 unspecified atom stereocenters. The normalized spacial score (nSPS) is 23.2. The number of azide groups is 1. The number of Topliss-reactive ketones (excluding diaryl/α,β-unsaturated/α-hetero) is 1. The van der Waals surface area contributed by atoms with Crippen molar-refractivity contribution in [3.8, 4) is 0 Å². The Balaban J connectivity index is 2.28. The molecule has 0 aliphatic heterocycles. The smallest absolute Gasteiger partial charge is 0.138 e. The van der Waals surface area contributed by atoms with Gasteiger partial charge in [-0.25, -0.2) is 0 Å². The first-order valence-electron chi connectivity index (χ1n) is 8.25. The van der Waals surface area contributed by atoms with Crippen molar-refractivity contribution in [1.29, 1.82) is 0 Å². The maximum atomic E-state index is 12.4. The number of hydrogen-bond acceptors (Lipinski definition) is 3. The lowest BCUT2D eigenvalue weighted by Crippen LogP contribution is -2.36. The predicted molar refractivity (Wildman–Crippen MR) is 90.1 cm³/mol. The van der Waals surface area contributed by atoms with Crippen LogP contribution in [0.1, 0.15) is 58.1 Å². The molecule has 3 atom stereocenters. The third-order valence-electron chi connectivity index (χ3n) is 5.50. The summed E-state index contributed by atoms with van der Waals surface area (Å²) in [4.78, 5) is 15.2. The van der Waals surface area contributed by atoms with E-state index in [0.717, 1.165) is 12.8 Å². The van der Waals surface area contributed by atoms with Crippen molar-refractivity contribution in [2.75, 3.05) is 0 Å². The lowest BCUT2D eigenvalue weighted by molar-refractivity contribution is -0.131. The fraction of sp³-hybridized carbons (Fsp3) is 0.611. The fourth-order valence-electron chi connectivity index (χ4n) is 3.45. The summed E-state index contributed by atoms with van der Waals surface area (Å²) in [6.45, 7) is 6.62. The van der Waals surface area contributed by atoms with Crippen LogP contribution in [-0.2, 0) is 4.79 Å². The Bertz CT molecular complexity index is 620. The van der Waals surface area contributed by atoms with Gasteiger partial charge in [0.15, 0.2) is 0 Å². The van der Waals surface area contributed by atoms with E-state index in [0.29, 0.717) is 30.0 Å². The standard InChI is InChI=1S/C18H25N3O2/c1-4-18(2,3)12-9-10-16(22)14(11-12)17(23)13-7-5-6-8-15(13)20-21-19/h5-8,12,14,17,23H,4,9-11H2,1-3H3/t12-,14+,17-/m0/s1. The third kappa shape index (κ3) is 3.74. The molecule has 0 heterocycles. The van der Waals surface area contributed by atoms with E-state index in [4.69, 9.17) is 5.53 Å². The molecule has 1 N–H and O–H groups in total. The Labute approximate surface area is 137 Å². The van der Waals surface area contributed by atoms with Gasteiger partial charge in [0.05, 0.1) is 6.10 Å². The lowest BCUT2D eigenvalue weighted by atomic mass is 9.65. The molecule has 1 saturated carbocycles. The molecule has 1 aliphatic carbocycles. The molecule has 0 saturated heterocycles. The Kier molecular flexibility index (Phi) is 5.45. The first-order chi connectivity index (χ1) is 10.9. The second-order valence-corrected chi connectivity index (χ2v) is 7.08. The van der Waals surface area contributed by atoms with Gasteiger partial charge in [0.1, 0.15) is 5.78 Å². The highest BCUT2D eigenvalue weighted by molar-refractivity contribution is 5.82. The maximum Gasteiger partial charge on any atom is 0.138 e. The molecule has 5 nitrogen and oxygen atoms in total. The van der Waals surface area contributed by atoms with Gasteiger partial charge < -0.3 is 5.11 Å². The Morgan fingerprint density at radius 1 is 1.43 bits per heavy atom. The molecule has 23 heavy (non-hydrogen) atoms. The van der Waals surface area contributed by atoms with Crippen molar-refractivity contribution in [2.24, 2.45) is 22.4 Å². The van der Waals surface area contributed by atoms with Gasteiger partial charge in [-0.1, -0.05) is 56.6 Å². The van der Waals surface area contributed by atoms with Gasteiger partial charge in [-0.15, -0.1) is 0 Å². The van der Waals surface area contributed by atoms with E-state index < -0.39 is 12.0 Å². The fourth-order valence-corrected chi connectivity index (χ4v) is 3.45. The molecular formula is C18H25N3O2. The van der Waals surface area contributed by atoms with Crippen molar-refractivity contribution in [3.63, 3.8) is 0 Å². The van der Waals surface area contributed by atoms with Crippen LogP contribution < -0.4 is 0 Å². The van der Waals surface area contributed by atoms with Crippen LogP contribution in [0.5, 0.6) is 0 Å². The van der Waals surface area contributed by atoms with Crippen molar-refractivity contribution in [3.05, 3.63) is 40.3 Å². The topological polar surface area (TPSA) is 86.1 Å². The molecule has 0 aromatic heterocycles. The molecule has 1 aromatic rings. The predicted octanol–water partition coefficient (Wildman–Crippen LogP) is 5.08. The Hall–Kier alpha value is -1.84. The maximum absolute atomic E-state index is 12.4. The Morgan fingerprint density at radius 2 is 2.13 bits per heavy atom. The highest BCUT2D eigenvalue weighted by Gasteiger charge is 2.40. The minimum absolute atomic E-state index is 0.108. The van der Waals surface area contributed by atoms with Gasteiger partial charge >= 0.3 is 0 Å². The molecule has 0 spiro atoms. The highest BCUT2D eigenvalue weighted by Crippen LogP contribution is 2.45. The average molecular weight is 315 g/mol. The summed E-state index contributed by atoms with van der Waals surface area (Å²) in [5, 5.41) is 14.4. The number of nitrogens with zero attached hydrogens (tertiary/aromatic N) is 3. The van der Waals surface area contributed by atoms with Gasteiger partial charge in [-0.3, -0.25) is 4.79 Å². The quantitative estimate of drug-likeness (QED) is 0.466. The number of aliphatic hydroxyl groups excluding tert-OH is 1. The van der Waals surface area contributed by atoms with E-state index in [9.17, 15) is 9.90 Å². The number of aliphatic hydroxyl groups is 1. The van der Waals surface area contributed by atoms with Crippen LogP contribution in [0.2, 0.25) is 0 Å². The van der Waals surface area contributed by atoms with Crippen LogP contribution in [0.15, 0.2) is 29.4 Å². The summed E-state index contributed by atoms with van der Waals surface area (Å²) in [5.74, 6) is 0.0995. The number of carbonyl (C=O) groups is 1. The van der Waals surface area contributed by atoms with Gasteiger partial charge in [-0.05, 0) is 35.3 Å². The molecule has 1 aliphatic rings. The largest absolute Gasteiger partial charge is 0.388 e. The molecule has 2 rings (SSSR count). The molecule has 0 radical (unpaired) electrons. The van der Waals surface area contributed by atoms with E-state index in [-0.39, 0.29) is 11.2 Å². The van der Waals surface area contributed by atoms with Crippen LogP contribution >= 0.6 is 0 Å². The Morgan fingerprint density at radius 3 is 2.78 bits per heavy atom. The van der Waals surface area contributed by atoms with Gasteiger partial charge in [0, 0.05) is 22.9 Å². The van der Waals surface area contributed by atoms with Gasteiger partial charge in [-0.2, -0.15) is 0 Å². The minimum Gasteiger partial charge on any atom is -0.388 e. The van der Waals surface area contributed by atoms with E-state index in [1.807, 2.05) is 0 Å². The summed E-state index contributed by atoms with van der Waals surface area (Å²) in [5.41, 5.74) is 9.77. The zero-order chi connectivity index (χ0) is 17.0. The summed E-state index contributed by atoms with van der Waals surface area (Å²) >= 11 is 0. The first kappa shape index (κ1) is 17.5. The summed E-state index contributed by atoms with van der Waals surface area (Å²) in [6, 6.07) is 6.94. The average Bonchev–Trinajstić information content (AvgIpc) is 2.55. The second-order valence-electron chi connectivity index (χ2n) is 7.08. The van der Waals surface area contributed by atoms with Crippen LogP contribution in [-0.4, -0.2) is 10.9 Å². The third-order valence-corrected chi connectivity index (χ3v) is 5.50. The van der Waals surface area contributed by atoms with Gasteiger partial charge in [0.2, 0.25) is 0 Å². The second kappa shape index (κ2) is 7.16. The molecule has 5 heteroatoms. The summed E-state index contributed by atoms with van der Waals surface area (Å²) in [7, 11) is 0. The van der Waals surface area contributed by atoms with Crippen molar-refractivity contribution in [2.45, 2.75) is 52.6 Å². The minimum atomic E-state index is -0.917. The highest BCUT2D eigenvalue weighted by atomic mass is 16.3. The van der Waals surface area contributed by atoms with Crippen molar-refractivity contribution >= 4 is 11.5 Å². The first-order valence-corrected chi connectivity index (χ1v) is 8.25. The zero-order valence-corrected chi connectivity index (χ0v) is 14.1. The monoisotopic (exact) mass is 315 g/mol. The van der Waals surface area contributed by atoms with Crippen LogP contribution in [0.3, 0.4) is 0 Å². The number of benzene rings is 1. The van der Waals surface area contributed by atoms with E-state index in [1.54, 1.807) is 24.3 Å². The van der Waals surface area contributed by atoms with E-state index >= 15 is 0 Å². The zero-order valence-electron chi connectivity index (χ0n) is 14.1. The molecular weight excluding hydrogens is 290 g/mol. The lowest BCUT2D eigenvalue weighted by Gasteiger charge is -2.40. The van der Waals surface area contributed by atoms with E-state index in [1.165, 1.54) is 0 Å². The van der Waals surface area contributed by atoms with Crippen molar-refractivity contribution < 1.29 is 9.90 Å².